The van der Waals surface area contributed by atoms with E-state index >= 15 is 0 Å². The number of sulfonamides is 1. The molecule has 0 bridgehead atoms. The van der Waals surface area contributed by atoms with Crippen LogP contribution in [-0.4, -0.2) is 31.1 Å². The second-order valence-electron chi connectivity index (χ2n) is 6.33. The number of benzene rings is 2. The highest BCUT2D eigenvalue weighted by molar-refractivity contribution is 7.89. The Morgan fingerprint density at radius 1 is 1.10 bits per heavy atom. The number of nitrogens with zero attached hydrogens (tertiary/aromatic N) is 2. The van der Waals surface area contributed by atoms with Gasteiger partial charge in [-0.2, -0.15) is 4.98 Å². The third kappa shape index (κ3) is 6.35. The highest BCUT2D eigenvalue weighted by Crippen LogP contribution is 2.22. The van der Waals surface area contributed by atoms with Crippen LogP contribution in [0.15, 0.2) is 59.6 Å². The van der Waals surface area contributed by atoms with Gasteiger partial charge in [0, 0.05) is 17.8 Å². The van der Waals surface area contributed by atoms with Crippen LogP contribution >= 0.6 is 0 Å². The van der Waals surface area contributed by atoms with Crippen molar-refractivity contribution in [2.24, 2.45) is 10.9 Å². The first kappa shape index (κ1) is 21.9. The van der Waals surface area contributed by atoms with E-state index in [4.69, 9.17) is 10.9 Å². The zero-order chi connectivity index (χ0) is 22.4. The summed E-state index contributed by atoms with van der Waals surface area (Å²) in [6.07, 6.45) is 0.631. The Labute approximate surface area is 177 Å². The van der Waals surface area contributed by atoms with Gasteiger partial charge < -0.3 is 21.1 Å². The predicted octanol–water partition coefficient (Wildman–Crippen LogP) is 2.39. The molecule has 6 N–H and O–H groups in total. The normalized spacial score (nSPS) is 11.0. The molecule has 0 saturated heterocycles. The van der Waals surface area contributed by atoms with Gasteiger partial charge in [0.1, 0.15) is 0 Å². The number of halogens is 1. The third-order valence-electron chi connectivity index (χ3n) is 4.01. The predicted molar refractivity (Wildman–Crippen MR) is 112 cm³/mol. The molecule has 3 aromatic rings. The summed E-state index contributed by atoms with van der Waals surface area (Å²) in [6.45, 7) is 0.157. The fourth-order valence-corrected chi connectivity index (χ4v) is 3.12. The Morgan fingerprint density at radius 2 is 1.84 bits per heavy atom. The lowest BCUT2D eigenvalue weighted by Crippen LogP contribution is -2.14. The Balaban J connectivity index is 1.71. The van der Waals surface area contributed by atoms with Crippen LogP contribution in [0.1, 0.15) is 5.56 Å². The molecular weight excluding hydrogens is 427 g/mol. The average molecular weight is 446 g/mol. The zero-order valence-corrected chi connectivity index (χ0v) is 16.9. The van der Waals surface area contributed by atoms with Gasteiger partial charge in [-0.25, -0.2) is 27.7 Å². The van der Waals surface area contributed by atoms with Crippen molar-refractivity contribution in [2.75, 3.05) is 17.2 Å². The molecule has 2 aromatic carbocycles. The van der Waals surface area contributed by atoms with E-state index in [1.807, 2.05) is 0 Å². The second kappa shape index (κ2) is 9.36. The number of rotatable bonds is 8. The van der Waals surface area contributed by atoms with Gasteiger partial charge in [0.15, 0.2) is 11.6 Å². The molecule has 31 heavy (non-hydrogen) atoms. The van der Waals surface area contributed by atoms with Crippen molar-refractivity contribution in [3.63, 3.8) is 0 Å². The van der Waals surface area contributed by atoms with E-state index in [9.17, 15) is 17.6 Å². The number of hydrogen-bond acceptors (Lipinski definition) is 8. The first-order valence-electron chi connectivity index (χ1n) is 8.91. The molecule has 0 aliphatic heterocycles. The smallest absolute Gasteiger partial charge is 0.404 e. The summed E-state index contributed by atoms with van der Waals surface area (Å²) in [5.41, 5.74) is 6.74. The Kier molecular flexibility index (Phi) is 6.62. The van der Waals surface area contributed by atoms with Crippen LogP contribution in [0.2, 0.25) is 0 Å². The van der Waals surface area contributed by atoms with E-state index in [0.29, 0.717) is 17.8 Å². The minimum atomic E-state index is -3.87. The van der Waals surface area contributed by atoms with Gasteiger partial charge in [-0.1, -0.05) is 18.2 Å². The molecule has 1 amide bonds. The fourth-order valence-electron chi connectivity index (χ4n) is 2.56. The van der Waals surface area contributed by atoms with E-state index in [0.717, 1.165) is 11.8 Å². The maximum Gasteiger partial charge on any atom is 0.404 e. The number of ether oxygens (including phenoxy) is 1. The first-order valence-corrected chi connectivity index (χ1v) is 10.5. The molecule has 0 radical (unpaired) electrons. The number of anilines is 4. The molecule has 12 heteroatoms. The van der Waals surface area contributed by atoms with Gasteiger partial charge >= 0.3 is 6.09 Å². The highest BCUT2D eigenvalue weighted by atomic mass is 32.2. The van der Waals surface area contributed by atoms with Gasteiger partial charge in [0.2, 0.25) is 16.0 Å². The number of primary sulfonamides is 1. The third-order valence-corrected chi connectivity index (χ3v) is 4.93. The molecule has 1 heterocycles. The lowest BCUT2D eigenvalue weighted by Gasteiger charge is -2.10. The molecule has 0 fully saturated rings. The van der Waals surface area contributed by atoms with Crippen LogP contribution in [0.3, 0.4) is 0 Å². The van der Waals surface area contributed by atoms with Gasteiger partial charge in [-0.15, -0.1) is 0 Å². The Morgan fingerprint density at radius 3 is 2.52 bits per heavy atom. The SMILES string of the molecule is NC(=O)OCCc1ccc(Nc2nc(Nc3cccc(S(N)(=O)=O)c3)ncc2F)cc1. The summed E-state index contributed by atoms with van der Waals surface area (Å²) in [4.78, 5) is 18.4. The molecule has 0 spiro atoms. The molecule has 10 nitrogen and oxygen atoms in total. The number of carbonyl (C=O) groups excluding carboxylic acids is 1. The zero-order valence-electron chi connectivity index (χ0n) is 16.1. The van der Waals surface area contributed by atoms with Crippen molar-refractivity contribution >= 4 is 39.3 Å². The van der Waals surface area contributed by atoms with Crippen molar-refractivity contribution in [1.29, 1.82) is 0 Å². The molecule has 0 unspecified atom stereocenters. The molecule has 1 aromatic heterocycles. The monoisotopic (exact) mass is 446 g/mol. The summed E-state index contributed by atoms with van der Waals surface area (Å²) in [5.74, 6) is -0.705. The molecular formula is C19H19FN6O4S. The van der Waals surface area contributed by atoms with Crippen molar-refractivity contribution in [3.05, 3.63) is 66.1 Å². The van der Waals surface area contributed by atoms with Gasteiger partial charge in [0.25, 0.3) is 0 Å². The number of carbonyl (C=O) groups is 1. The van der Waals surface area contributed by atoms with Gasteiger partial charge in [-0.3, -0.25) is 0 Å². The van der Waals surface area contributed by atoms with Crippen molar-refractivity contribution in [1.82, 2.24) is 9.97 Å². The van der Waals surface area contributed by atoms with Crippen molar-refractivity contribution < 1.29 is 22.3 Å². The van der Waals surface area contributed by atoms with E-state index in [-0.39, 0.29) is 23.3 Å². The van der Waals surface area contributed by atoms with Gasteiger partial charge in [-0.05, 0) is 35.9 Å². The summed E-state index contributed by atoms with van der Waals surface area (Å²) in [7, 11) is -3.87. The van der Waals surface area contributed by atoms with Crippen LogP contribution in [0, 0.1) is 5.82 Å². The maximum atomic E-state index is 14.2. The van der Waals surface area contributed by atoms with Crippen LogP contribution in [0.5, 0.6) is 0 Å². The average Bonchev–Trinajstić information content (AvgIpc) is 2.71. The van der Waals surface area contributed by atoms with Crippen LogP contribution in [0.25, 0.3) is 0 Å². The van der Waals surface area contributed by atoms with E-state index in [1.165, 1.54) is 18.2 Å². The summed E-state index contributed by atoms with van der Waals surface area (Å²) < 4.78 is 41.8. The molecule has 0 aliphatic carbocycles. The quantitative estimate of drug-likeness (QED) is 0.410. The molecule has 3 rings (SSSR count). The minimum absolute atomic E-state index is 0.0516. The standard InChI is InChI=1S/C19H19FN6O4S/c20-16-11-23-19(25-14-2-1-3-15(10-14)31(22,28)29)26-17(16)24-13-6-4-12(5-7-13)8-9-30-18(21)27/h1-7,10-11H,8-9H2,(H2,21,27)(H2,22,28,29)(H2,23,24,25,26). The maximum absolute atomic E-state index is 14.2. The van der Waals surface area contributed by atoms with E-state index in [2.05, 4.69) is 25.3 Å². The van der Waals surface area contributed by atoms with Crippen molar-refractivity contribution in [2.45, 2.75) is 11.3 Å². The number of hydrogen-bond donors (Lipinski definition) is 4. The van der Waals surface area contributed by atoms with Crippen LogP contribution in [-0.2, 0) is 21.2 Å². The lowest BCUT2D eigenvalue weighted by molar-refractivity contribution is 0.158. The largest absolute Gasteiger partial charge is 0.449 e. The highest BCUT2D eigenvalue weighted by Gasteiger charge is 2.11. The first-order chi connectivity index (χ1) is 14.7. The molecule has 0 saturated carbocycles. The summed E-state index contributed by atoms with van der Waals surface area (Å²) in [5, 5.41) is 10.8. The van der Waals surface area contributed by atoms with Crippen LogP contribution < -0.4 is 21.5 Å². The van der Waals surface area contributed by atoms with Crippen molar-refractivity contribution in [3.8, 4) is 0 Å². The number of nitrogens with one attached hydrogen (secondary N) is 2. The number of amides is 1. The number of primary amides is 1. The lowest BCUT2D eigenvalue weighted by atomic mass is 10.1. The number of aromatic nitrogens is 2. The molecule has 0 aliphatic rings. The van der Waals surface area contributed by atoms with Crippen LogP contribution in [0.4, 0.5) is 32.3 Å². The summed E-state index contributed by atoms with van der Waals surface area (Å²) >= 11 is 0. The Bertz CT molecular complexity index is 1190. The van der Waals surface area contributed by atoms with Gasteiger partial charge in [0.05, 0.1) is 17.7 Å². The fraction of sp³-hybridized carbons (Fsp3) is 0.105. The Hall–Kier alpha value is -3.77. The summed E-state index contributed by atoms with van der Waals surface area (Å²) in [6, 6.07) is 12.7. The topological polar surface area (TPSA) is 162 Å². The number of nitrogens with two attached hydrogens (primary N) is 2. The van der Waals surface area contributed by atoms with E-state index < -0.39 is 21.9 Å². The molecule has 162 valence electrons. The molecule has 0 atom stereocenters. The minimum Gasteiger partial charge on any atom is -0.449 e. The second-order valence-corrected chi connectivity index (χ2v) is 7.89. The van der Waals surface area contributed by atoms with E-state index in [1.54, 1.807) is 30.3 Å².